The van der Waals surface area contributed by atoms with Crippen molar-refractivity contribution in [3.63, 3.8) is 0 Å². The van der Waals surface area contributed by atoms with Gasteiger partial charge in [-0.3, -0.25) is 4.79 Å². The lowest BCUT2D eigenvalue weighted by Crippen LogP contribution is -2.23. The number of nitrogens with one attached hydrogen (secondary N) is 1. The van der Waals surface area contributed by atoms with Gasteiger partial charge in [0.15, 0.2) is 0 Å². The lowest BCUT2D eigenvalue weighted by Gasteiger charge is -2.24. The predicted octanol–water partition coefficient (Wildman–Crippen LogP) is 5.68. The topological polar surface area (TPSA) is 72.5 Å². The second-order valence-corrected chi connectivity index (χ2v) is 11.4. The molecule has 0 radical (unpaired) electrons. The maximum Gasteiger partial charge on any atom is 0.225 e. The van der Waals surface area contributed by atoms with Crippen molar-refractivity contribution in [3.05, 3.63) is 69.9 Å². The third-order valence-corrected chi connectivity index (χ3v) is 9.28. The Morgan fingerprint density at radius 3 is 2.56 bits per heavy atom. The summed E-state index contributed by atoms with van der Waals surface area (Å²) in [5.74, 6) is 0.437. The van der Waals surface area contributed by atoms with E-state index in [1.165, 1.54) is 24.2 Å². The summed E-state index contributed by atoms with van der Waals surface area (Å²) in [6.45, 7) is 1.91. The predicted molar refractivity (Wildman–Crippen MR) is 125 cm³/mol. The molecule has 2 aromatic carbocycles. The molecular formula is C25H25NO4S2. The van der Waals surface area contributed by atoms with Crippen LogP contribution in [0.15, 0.2) is 63.7 Å². The van der Waals surface area contributed by atoms with Crippen LogP contribution in [0, 0.1) is 6.92 Å². The molecule has 1 aromatic heterocycles. The van der Waals surface area contributed by atoms with E-state index in [1.807, 2.05) is 31.2 Å². The molecule has 0 saturated heterocycles. The average molecular weight is 468 g/mol. The molecule has 5 rings (SSSR count). The molecule has 1 aliphatic heterocycles. The fourth-order valence-corrected chi connectivity index (χ4v) is 7.43. The number of sulfone groups is 1. The van der Waals surface area contributed by atoms with Crippen molar-refractivity contribution >= 4 is 32.8 Å². The van der Waals surface area contributed by atoms with E-state index in [0.29, 0.717) is 5.69 Å². The minimum atomic E-state index is -3.74. The van der Waals surface area contributed by atoms with Gasteiger partial charge in [-0.25, -0.2) is 8.42 Å². The molecule has 1 aliphatic carbocycles. The zero-order valence-electron chi connectivity index (χ0n) is 17.8. The Morgan fingerprint density at radius 2 is 1.81 bits per heavy atom. The molecule has 1 fully saturated rings. The number of amides is 1. The molecule has 3 aromatic rings. The van der Waals surface area contributed by atoms with Crippen LogP contribution < -0.4 is 10.1 Å². The Bertz CT molecular complexity index is 1260. The maximum atomic E-state index is 13.3. The maximum absolute atomic E-state index is 13.3. The first-order valence-electron chi connectivity index (χ1n) is 10.9. The summed E-state index contributed by atoms with van der Waals surface area (Å²) in [6, 6.07) is 14.7. The third kappa shape index (κ3) is 3.95. The van der Waals surface area contributed by atoms with Gasteiger partial charge in [0.25, 0.3) is 0 Å². The van der Waals surface area contributed by atoms with E-state index in [9.17, 15) is 13.2 Å². The van der Waals surface area contributed by atoms with Crippen molar-refractivity contribution in [1.29, 1.82) is 0 Å². The lowest BCUT2D eigenvalue weighted by atomic mass is 9.90. The standard InChI is InChI=1S/C25H25NO4S2/c1-16-9-11-20(12-10-16)32(28,29)22-15-31-25-21(14-23(27)26-24(22)25)17-5-4-8-19(13-17)30-18-6-2-3-7-18/h4-5,8-13,15,18,21H,2-3,6-7,14H2,1H3,(H,26,27)/t21-/m0/s1. The van der Waals surface area contributed by atoms with Gasteiger partial charge in [0.05, 0.1) is 16.7 Å². The molecule has 2 heterocycles. The van der Waals surface area contributed by atoms with Crippen molar-refractivity contribution in [2.75, 3.05) is 5.32 Å². The summed E-state index contributed by atoms with van der Waals surface area (Å²) < 4.78 is 32.8. The van der Waals surface area contributed by atoms with Crippen molar-refractivity contribution < 1.29 is 17.9 Å². The van der Waals surface area contributed by atoms with Crippen LogP contribution in [0.5, 0.6) is 5.75 Å². The van der Waals surface area contributed by atoms with E-state index in [0.717, 1.165) is 34.6 Å². The first kappa shape index (κ1) is 21.2. The number of anilines is 1. The van der Waals surface area contributed by atoms with Crippen LogP contribution in [-0.4, -0.2) is 20.4 Å². The number of hydrogen-bond acceptors (Lipinski definition) is 5. The molecule has 0 bridgehead atoms. The number of carbonyl (C=O) groups excluding carboxylic acids is 1. The number of ether oxygens (including phenoxy) is 1. The molecule has 1 amide bonds. The van der Waals surface area contributed by atoms with Crippen LogP contribution in [0.1, 0.15) is 54.0 Å². The van der Waals surface area contributed by atoms with Gasteiger partial charge >= 0.3 is 0 Å². The zero-order chi connectivity index (χ0) is 22.3. The van der Waals surface area contributed by atoms with Gasteiger partial charge in [0.2, 0.25) is 15.7 Å². The number of thiophene rings is 1. The average Bonchev–Trinajstić information content (AvgIpc) is 3.44. The molecule has 1 N–H and O–H groups in total. The number of rotatable bonds is 5. The molecule has 32 heavy (non-hydrogen) atoms. The Hall–Kier alpha value is -2.64. The normalized spacial score (nSPS) is 18.9. The highest BCUT2D eigenvalue weighted by Crippen LogP contribution is 2.46. The Labute approximate surface area is 192 Å². The second-order valence-electron chi connectivity index (χ2n) is 8.56. The van der Waals surface area contributed by atoms with Crippen LogP contribution in [0.3, 0.4) is 0 Å². The van der Waals surface area contributed by atoms with E-state index in [1.54, 1.807) is 29.6 Å². The van der Waals surface area contributed by atoms with Gasteiger partial charge in [0, 0.05) is 22.6 Å². The molecule has 5 nitrogen and oxygen atoms in total. The van der Waals surface area contributed by atoms with Crippen LogP contribution in [0.2, 0.25) is 0 Å². The summed E-state index contributed by atoms with van der Waals surface area (Å²) in [6.07, 6.45) is 5.08. The molecule has 7 heteroatoms. The summed E-state index contributed by atoms with van der Waals surface area (Å²) in [4.78, 5) is 13.9. The summed E-state index contributed by atoms with van der Waals surface area (Å²) in [7, 11) is -3.74. The fraction of sp³-hybridized carbons (Fsp3) is 0.320. The second kappa shape index (κ2) is 8.37. The first-order chi connectivity index (χ1) is 15.4. The highest BCUT2D eigenvalue weighted by molar-refractivity contribution is 7.91. The zero-order valence-corrected chi connectivity index (χ0v) is 19.5. The molecule has 0 spiro atoms. The van der Waals surface area contributed by atoms with E-state index in [-0.39, 0.29) is 34.1 Å². The highest BCUT2D eigenvalue weighted by Gasteiger charge is 2.34. The first-order valence-corrected chi connectivity index (χ1v) is 13.3. The Morgan fingerprint density at radius 1 is 1.06 bits per heavy atom. The van der Waals surface area contributed by atoms with Gasteiger partial charge in [0.1, 0.15) is 10.6 Å². The molecule has 0 unspecified atom stereocenters. The van der Waals surface area contributed by atoms with Gasteiger partial charge in [-0.15, -0.1) is 11.3 Å². The molecule has 1 atom stereocenters. The van der Waals surface area contributed by atoms with E-state index < -0.39 is 9.84 Å². The van der Waals surface area contributed by atoms with Crippen LogP contribution in [-0.2, 0) is 14.6 Å². The number of fused-ring (bicyclic) bond motifs is 1. The van der Waals surface area contributed by atoms with Gasteiger partial charge in [-0.05, 0) is 62.4 Å². The SMILES string of the molecule is Cc1ccc(S(=O)(=O)c2csc3c2NC(=O)C[C@H]3c2cccc(OC3CCCC3)c2)cc1. The highest BCUT2D eigenvalue weighted by atomic mass is 32.2. The third-order valence-electron chi connectivity index (χ3n) is 6.24. The van der Waals surface area contributed by atoms with Crippen LogP contribution >= 0.6 is 11.3 Å². The molecule has 1 saturated carbocycles. The van der Waals surface area contributed by atoms with Gasteiger partial charge in [-0.1, -0.05) is 29.8 Å². The summed E-state index contributed by atoms with van der Waals surface area (Å²) >= 11 is 1.39. The number of hydrogen-bond donors (Lipinski definition) is 1. The quantitative estimate of drug-likeness (QED) is 0.524. The fourth-order valence-electron chi connectivity index (χ4n) is 4.52. The summed E-state index contributed by atoms with van der Waals surface area (Å²) in [5, 5.41) is 4.48. The molecule has 2 aliphatic rings. The van der Waals surface area contributed by atoms with Crippen LogP contribution in [0.4, 0.5) is 5.69 Å². The minimum Gasteiger partial charge on any atom is -0.490 e. The smallest absolute Gasteiger partial charge is 0.225 e. The largest absolute Gasteiger partial charge is 0.490 e. The van der Waals surface area contributed by atoms with E-state index in [2.05, 4.69) is 5.32 Å². The Kier molecular flexibility index (Phi) is 5.55. The van der Waals surface area contributed by atoms with Crippen molar-refractivity contribution in [1.82, 2.24) is 0 Å². The van der Waals surface area contributed by atoms with E-state index in [4.69, 9.17) is 4.74 Å². The number of carbonyl (C=O) groups is 1. The Balaban J connectivity index is 1.50. The van der Waals surface area contributed by atoms with E-state index >= 15 is 0 Å². The minimum absolute atomic E-state index is 0.165. The monoisotopic (exact) mass is 467 g/mol. The molecule has 166 valence electrons. The molecular weight excluding hydrogens is 442 g/mol. The van der Waals surface area contributed by atoms with Crippen molar-refractivity contribution in [3.8, 4) is 5.75 Å². The van der Waals surface area contributed by atoms with Gasteiger partial charge < -0.3 is 10.1 Å². The lowest BCUT2D eigenvalue weighted by molar-refractivity contribution is -0.116. The van der Waals surface area contributed by atoms with Crippen molar-refractivity contribution in [2.24, 2.45) is 0 Å². The van der Waals surface area contributed by atoms with Crippen LogP contribution in [0.25, 0.3) is 0 Å². The number of benzene rings is 2. The number of aryl methyl sites for hydroxylation is 1. The van der Waals surface area contributed by atoms with Gasteiger partial charge in [-0.2, -0.15) is 0 Å². The summed E-state index contributed by atoms with van der Waals surface area (Å²) in [5.41, 5.74) is 2.38. The van der Waals surface area contributed by atoms with Crippen molar-refractivity contribution in [2.45, 2.75) is 60.8 Å².